The summed E-state index contributed by atoms with van der Waals surface area (Å²) >= 11 is 0. The SMILES string of the molecule is C=CCNC(=O)c1c(C)c(C)nn(C)c1=O. The van der Waals surface area contributed by atoms with Gasteiger partial charge in [0, 0.05) is 13.6 Å². The standard InChI is InChI=1S/C11H15N3O2/c1-5-6-12-10(15)9-7(2)8(3)13-14(4)11(9)16/h5H,1,6H2,2-4H3,(H,12,15). The molecule has 0 spiro atoms. The molecule has 0 aliphatic heterocycles. The molecule has 0 saturated carbocycles. The number of aromatic nitrogens is 2. The third-order valence-corrected chi connectivity index (χ3v) is 2.36. The van der Waals surface area contributed by atoms with Gasteiger partial charge in [-0.25, -0.2) is 4.68 Å². The molecule has 0 radical (unpaired) electrons. The van der Waals surface area contributed by atoms with Crippen molar-refractivity contribution in [2.24, 2.45) is 7.05 Å². The first kappa shape index (κ1) is 12.2. The molecular formula is C11H15N3O2. The summed E-state index contributed by atoms with van der Waals surface area (Å²) in [5.74, 6) is -0.386. The smallest absolute Gasteiger partial charge is 0.279 e. The van der Waals surface area contributed by atoms with Crippen molar-refractivity contribution in [2.45, 2.75) is 13.8 Å². The summed E-state index contributed by atoms with van der Waals surface area (Å²) in [4.78, 5) is 23.5. The number of nitrogens with zero attached hydrogens (tertiary/aromatic N) is 2. The largest absolute Gasteiger partial charge is 0.348 e. The molecule has 1 aromatic heterocycles. The Labute approximate surface area is 93.8 Å². The van der Waals surface area contributed by atoms with E-state index in [0.29, 0.717) is 17.8 Å². The Bertz CT molecular complexity index is 489. The fourth-order valence-corrected chi connectivity index (χ4v) is 1.37. The molecule has 0 aliphatic carbocycles. The van der Waals surface area contributed by atoms with Gasteiger partial charge in [-0.1, -0.05) is 6.08 Å². The first-order valence-electron chi connectivity index (χ1n) is 4.92. The maximum Gasteiger partial charge on any atom is 0.279 e. The summed E-state index contributed by atoms with van der Waals surface area (Å²) in [6.07, 6.45) is 1.56. The topological polar surface area (TPSA) is 64.0 Å². The normalized spacial score (nSPS) is 9.94. The summed E-state index contributed by atoms with van der Waals surface area (Å²) in [6.45, 7) is 7.31. The van der Waals surface area contributed by atoms with Gasteiger partial charge in [0.25, 0.3) is 11.5 Å². The van der Waals surface area contributed by atoms with E-state index >= 15 is 0 Å². The Kier molecular flexibility index (Phi) is 3.60. The molecule has 0 unspecified atom stereocenters. The van der Waals surface area contributed by atoms with Crippen molar-refractivity contribution in [3.8, 4) is 0 Å². The van der Waals surface area contributed by atoms with Gasteiger partial charge in [0.1, 0.15) is 5.56 Å². The average Bonchev–Trinajstić information content (AvgIpc) is 2.24. The minimum absolute atomic E-state index is 0.150. The summed E-state index contributed by atoms with van der Waals surface area (Å²) in [5, 5.41) is 6.59. The van der Waals surface area contributed by atoms with E-state index in [0.717, 1.165) is 0 Å². The predicted octanol–water partition coefficient (Wildman–Crippen LogP) is 0.313. The molecule has 1 N–H and O–H groups in total. The lowest BCUT2D eigenvalue weighted by atomic mass is 10.1. The quantitative estimate of drug-likeness (QED) is 0.747. The van der Waals surface area contributed by atoms with E-state index in [9.17, 15) is 9.59 Å². The zero-order chi connectivity index (χ0) is 12.3. The van der Waals surface area contributed by atoms with Crippen LogP contribution in [0.15, 0.2) is 17.4 Å². The highest BCUT2D eigenvalue weighted by molar-refractivity contribution is 5.95. The molecule has 1 heterocycles. The van der Waals surface area contributed by atoms with E-state index in [-0.39, 0.29) is 17.0 Å². The Hall–Kier alpha value is -1.91. The van der Waals surface area contributed by atoms with E-state index in [1.165, 1.54) is 11.7 Å². The van der Waals surface area contributed by atoms with Crippen molar-refractivity contribution in [3.05, 3.63) is 39.8 Å². The van der Waals surface area contributed by atoms with Crippen molar-refractivity contribution in [1.82, 2.24) is 15.1 Å². The molecule has 1 amide bonds. The van der Waals surface area contributed by atoms with Crippen LogP contribution >= 0.6 is 0 Å². The van der Waals surface area contributed by atoms with Crippen LogP contribution in [0.4, 0.5) is 0 Å². The molecule has 0 aromatic carbocycles. The van der Waals surface area contributed by atoms with Crippen molar-refractivity contribution < 1.29 is 4.79 Å². The van der Waals surface area contributed by atoms with Gasteiger partial charge in [0.15, 0.2) is 0 Å². The molecule has 0 fully saturated rings. The van der Waals surface area contributed by atoms with Crippen LogP contribution < -0.4 is 10.9 Å². The van der Waals surface area contributed by atoms with Gasteiger partial charge in [-0.3, -0.25) is 9.59 Å². The van der Waals surface area contributed by atoms with Crippen LogP contribution in [0, 0.1) is 13.8 Å². The number of aryl methyl sites for hydroxylation is 2. The van der Waals surface area contributed by atoms with Crippen LogP contribution in [0.1, 0.15) is 21.6 Å². The number of carbonyl (C=O) groups excluding carboxylic acids is 1. The maximum atomic E-state index is 11.8. The van der Waals surface area contributed by atoms with E-state index in [4.69, 9.17) is 0 Å². The lowest BCUT2D eigenvalue weighted by Gasteiger charge is -2.09. The van der Waals surface area contributed by atoms with Crippen LogP contribution in [0.25, 0.3) is 0 Å². The summed E-state index contributed by atoms with van der Waals surface area (Å²) < 4.78 is 1.17. The molecule has 1 rings (SSSR count). The second-order valence-corrected chi connectivity index (χ2v) is 3.51. The lowest BCUT2D eigenvalue weighted by Crippen LogP contribution is -2.35. The monoisotopic (exact) mass is 221 g/mol. The predicted molar refractivity (Wildman–Crippen MR) is 61.5 cm³/mol. The van der Waals surface area contributed by atoms with E-state index in [1.807, 2.05) is 0 Å². The van der Waals surface area contributed by atoms with Gasteiger partial charge in [-0.2, -0.15) is 5.10 Å². The summed E-state index contributed by atoms with van der Waals surface area (Å²) in [6, 6.07) is 0. The highest BCUT2D eigenvalue weighted by atomic mass is 16.2. The van der Waals surface area contributed by atoms with Gasteiger partial charge in [-0.15, -0.1) is 6.58 Å². The highest BCUT2D eigenvalue weighted by Gasteiger charge is 2.16. The zero-order valence-corrected chi connectivity index (χ0v) is 9.70. The Morgan fingerprint density at radius 3 is 2.75 bits per heavy atom. The Balaban J connectivity index is 3.27. The molecule has 16 heavy (non-hydrogen) atoms. The van der Waals surface area contributed by atoms with Crippen LogP contribution in [0.3, 0.4) is 0 Å². The maximum absolute atomic E-state index is 11.8. The average molecular weight is 221 g/mol. The van der Waals surface area contributed by atoms with Crippen LogP contribution in [0.5, 0.6) is 0 Å². The molecule has 5 nitrogen and oxygen atoms in total. The molecule has 5 heteroatoms. The third-order valence-electron chi connectivity index (χ3n) is 2.36. The summed E-state index contributed by atoms with van der Waals surface area (Å²) in [5.41, 5.74) is 1.05. The summed E-state index contributed by atoms with van der Waals surface area (Å²) in [7, 11) is 1.53. The Morgan fingerprint density at radius 2 is 2.19 bits per heavy atom. The van der Waals surface area contributed by atoms with Gasteiger partial charge in [0.2, 0.25) is 0 Å². The van der Waals surface area contributed by atoms with Gasteiger partial charge in [0.05, 0.1) is 5.69 Å². The molecule has 86 valence electrons. The second-order valence-electron chi connectivity index (χ2n) is 3.51. The minimum Gasteiger partial charge on any atom is -0.348 e. The number of nitrogens with one attached hydrogen (secondary N) is 1. The third kappa shape index (κ3) is 2.18. The highest BCUT2D eigenvalue weighted by Crippen LogP contribution is 2.05. The van der Waals surface area contributed by atoms with Crippen LogP contribution in [-0.4, -0.2) is 22.2 Å². The van der Waals surface area contributed by atoms with E-state index in [1.54, 1.807) is 19.9 Å². The van der Waals surface area contributed by atoms with Crippen molar-refractivity contribution in [2.75, 3.05) is 6.54 Å². The van der Waals surface area contributed by atoms with Crippen LogP contribution in [-0.2, 0) is 7.05 Å². The zero-order valence-electron chi connectivity index (χ0n) is 9.70. The molecule has 1 aromatic rings. The van der Waals surface area contributed by atoms with E-state index in [2.05, 4.69) is 17.0 Å². The molecular weight excluding hydrogens is 206 g/mol. The minimum atomic E-state index is -0.386. The number of hydrogen-bond acceptors (Lipinski definition) is 3. The second kappa shape index (κ2) is 4.74. The van der Waals surface area contributed by atoms with Gasteiger partial charge in [-0.05, 0) is 19.4 Å². The molecule has 0 saturated heterocycles. The fourth-order valence-electron chi connectivity index (χ4n) is 1.37. The number of carbonyl (C=O) groups is 1. The van der Waals surface area contributed by atoms with Crippen molar-refractivity contribution >= 4 is 5.91 Å². The molecule has 0 atom stereocenters. The fraction of sp³-hybridized carbons (Fsp3) is 0.364. The molecule has 0 bridgehead atoms. The van der Waals surface area contributed by atoms with Gasteiger partial charge >= 0.3 is 0 Å². The first-order chi connectivity index (χ1) is 7.49. The van der Waals surface area contributed by atoms with Gasteiger partial charge < -0.3 is 5.32 Å². The number of hydrogen-bond donors (Lipinski definition) is 1. The Morgan fingerprint density at radius 1 is 1.56 bits per heavy atom. The number of amides is 1. The molecule has 0 aliphatic rings. The lowest BCUT2D eigenvalue weighted by molar-refractivity contribution is 0.0954. The van der Waals surface area contributed by atoms with Crippen molar-refractivity contribution in [3.63, 3.8) is 0 Å². The number of rotatable bonds is 3. The van der Waals surface area contributed by atoms with Crippen molar-refractivity contribution in [1.29, 1.82) is 0 Å². The van der Waals surface area contributed by atoms with E-state index < -0.39 is 0 Å². The first-order valence-corrected chi connectivity index (χ1v) is 4.92. The van der Waals surface area contributed by atoms with Crippen LogP contribution in [0.2, 0.25) is 0 Å².